The predicted octanol–water partition coefficient (Wildman–Crippen LogP) is 4.07. The lowest BCUT2D eigenvalue weighted by Crippen LogP contribution is -2.35. The molecule has 0 aliphatic carbocycles. The largest absolute Gasteiger partial charge is 0.444 e. The molecule has 17 heavy (non-hydrogen) atoms. The van der Waals surface area contributed by atoms with Gasteiger partial charge in [-0.05, 0) is 39.0 Å². The van der Waals surface area contributed by atoms with Crippen molar-refractivity contribution in [2.75, 3.05) is 13.6 Å². The SMILES string of the molecule is CCC(C)(C)CCCN(C)C(=O)OC(C)(C)C. The van der Waals surface area contributed by atoms with Crippen molar-refractivity contribution in [2.45, 2.75) is 66.4 Å². The van der Waals surface area contributed by atoms with Crippen molar-refractivity contribution < 1.29 is 9.53 Å². The van der Waals surface area contributed by atoms with Crippen molar-refractivity contribution in [1.82, 2.24) is 4.90 Å². The van der Waals surface area contributed by atoms with Crippen LogP contribution in [0, 0.1) is 5.41 Å². The van der Waals surface area contributed by atoms with Crippen molar-refractivity contribution in [2.24, 2.45) is 5.41 Å². The Bertz CT molecular complexity index is 241. The number of rotatable bonds is 5. The van der Waals surface area contributed by atoms with Gasteiger partial charge in [0.15, 0.2) is 0 Å². The summed E-state index contributed by atoms with van der Waals surface area (Å²) >= 11 is 0. The van der Waals surface area contributed by atoms with Crippen LogP contribution in [0.5, 0.6) is 0 Å². The van der Waals surface area contributed by atoms with Gasteiger partial charge in [-0.1, -0.05) is 27.2 Å². The van der Waals surface area contributed by atoms with Crippen LogP contribution in [0.4, 0.5) is 4.79 Å². The van der Waals surface area contributed by atoms with Gasteiger partial charge < -0.3 is 9.64 Å². The lowest BCUT2D eigenvalue weighted by atomic mass is 9.85. The minimum atomic E-state index is -0.409. The summed E-state index contributed by atoms with van der Waals surface area (Å²) in [5, 5.41) is 0. The monoisotopic (exact) mass is 243 g/mol. The number of ether oxygens (including phenoxy) is 1. The Hall–Kier alpha value is -0.730. The standard InChI is InChI=1S/C14H29NO2/c1-8-14(5,6)10-9-11-15(7)12(16)17-13(2,3)4/h8-11H2,1-7H3. The fourth-order valence-corrected chi connectivity index (χ4v) is 1.40. The highest BCUT2D eigenvalue weighted by atomic mass is 16.6. The molecule has 0 aliphatic heterocycles. The van der Waals surface area contributed by atoms with Crippen LogP contribution in [0.2, 0.25) is 0 Å². The molecule has 0 rings (SSSR count). The number of amides is 1. The number of carbonyl (C=O) groups is 1. The van der Waals surface area contributed by atoms with Gasteiger partial charge in [0.2, 0.25) is 0 Å². The molecule has 0 aromatic carbocycles. The van der Waals surface area contributed by atoms with E-state index in [0.717, 1.165) is 19.4 Å². The second kappa shape index (κ2) is 6.27. The molecule has 102 valence electrons. The summed E-state index contributed by atoms with van der Waals surface area (Å²) in [4.78, 5) is 13.4. The van der Waals surface area contributed by atoms with Crippen molar-refractivity contribution in [3.8, 4) is 0 Å². The molecule has 0 saturated carbocycles. The zero-order chi connectivity index (χ0) is 13.7. The molecular weight excluding hydrogens is 214 g/mol. The van der Waals surface area contributed by atoms with E-state index in [-0.39, 0.29) is 6.09 Å². The summed E-state index contributed by atoms with van der Waals surface area (Å²) in [6.45, 7) is 13.2. The van der Waals surface area contributed by atoms with E-state index in [1.165, 1.54) is 6.42 Å². The van der Waals surface area contributed by atoms with Gasteiger partial charge >= 0.3 is 6.09 Å². The fourth-order valence-electron chi connectivity index (χ4n) is 1.40. The van der Waals surface area contributed by atoms with Gasteiger partial charge in [0.05, 0.1) is 0 Å². The summed E-state index contributed by atoms with van der Waals surface area (Å²) in [5.41, 5.74) is -0.0389. The Morgan fingerprint density at radius 3 is 2.12 bits per heavy atom. The second-order valence-corrected chi connectivity index (χ2v) is 6.52. The smallest absolute Gasteiger partial charge is 0.410 e. The maximum atomic E-state index is 11.7. The molecule has 0 aliphatic rings. The maximum absolute atomic E-state index is 11.7. The van der Waals surface area contributed by atoms with E-state index in [2.05, 4.69) is 20.8 Å². The van der Waals surface area contributed by atoms with Crippen molar-refractivity contribution in [1.29, 1.82) is 0 Å². The van der Waals surface area contributed by atoms with E-state index >= 15 is 0 Å². The minimum absolute atomic E-state index is 0.230. The number of hydrogen-bond acceptors (Lipinski definition) is 2. The molecule has 0 aromatic rings. The summed E-state index contributed by atoms with van der Waals surface area (Å²) in [6, 6.07) is 0. The minimum Gasteiger partial charge on any atom is -0.444 e. The van der Waals surface area contributed by atoms with Crippen LogP contribution in [0.3, 0.4) is 0 Å². The number of carbonyl (C=O) groups excluding carboxylic acids is 1. The van der Waals surface area contributed by atoms with E-state index in [1.54, 1.807) is 11.9 Å². The van der Waals surface area contributed by atoms with Crippen molar-refractivity contribution >= 4 is 6.09 Å². The van der Waals surface area contributed by atoms with Gasteiger partial charge in [-0.2, -0.15) is 0 Å². The lowest BCUT2D eigenvalue weighted by Gasteiger charge is -2.26. The molecule has 0 heterocycles. The molecule has 0 atom stereocenters. The first kappa shape index (κ1) is 16.3. The average molecular weight is 243 g/mol. The Morgan fingerprint density at radius 1 is 1.18 bits per heavy atom. The summed E-state index contributed by atoms with van der Waals surface area (Å²) in [6.07, 6.45) is 3.10. The first-order chi connectivity index (χ1) is 7.57. The highest BCUT2D eigenvalue weighted by Gasteiger charge is 2.20. The Labute approximate surface area is 107 Å². The zero-order valence-electron chi connectivity index (χ0n) is 12.6. The van der Waals surface area contributed by atoms with Crippen LogP contribution in [0.1, 0.15) is 60.8 Å². The lowest BCUT2D eigenvalue weighted by molar-refractivity contribution is 0.0291. The van der Waals surface area contributed by atoms with E-state index in [9.17, 15) is 4.79 Å². The van der Waals surface area contributed by atoms with Crippen LogP contribution < -0.4 is 0 Å². The zero-order valence-corrected chi connectivity index (χ0v) is 12.6. The molecule has 3 heteroatoms. The normalized spacial score (nSPS) is 12.4. The molecule has 0 spiro atoms. The van der Waals surface area contributed by atoms with E-state index in [4.69, 9.17) is 4.74 Å². The fraction of sp³-hybridized carbons (Fsp3) is 0.929. The third kappa shape index (κ3) is 8.06. The third-order valence-electron chi connectivity index (χ3n) is 3.01. The quantitative estimate of drug-likeness (QED) is 0.728. The van der Waals surface area contributed by atoms with Crippen LogP contribution >= 0.6 is 0 Å². The highest BCUT2D eigenvalue weighted by Crippen LogP contribution is 2.26. The van der Waals surface area contributed by atoms with E-state index in [0.29, 0.717) is 5.41 Å². The van der Waals surface area contributed by atoms with Crippen LogP contribution in [0.15, 0.2) is 0 Å². The van der Waals surface area contributed by atoms with Crippen LogP contribution in [0.25, 0.3) is 0 Å². The van der Waals surface area contributed by atoms with Gasteiger partial charge in [-0.15, -0.1) is 0 Å². The van der Waals surface area contributed by atoms with Gasteiger partial charge in [-0.25, -0.2) is 4.79 Å². The average Bonchev–Trinajstić information content (AvgIpc) is 2.14. The molecular formula is C14H29NO2. The summed E-state index contributed by atoms with van der Waals surface area (Å²) in [5.74, 6) is 0. The Morgan fingerprint density at radius 2 is 1.71 bits per heavy atom. The third-order valence-corrected chi connectivity index (χ3v) is 3.01. The van der Waals surface area contributed by atoms with Crippen molar-refractivity contribution in [3.05, 3.63) is 0 Å². The molecule has 0 aromatic heterocycles. The molecule has 0 saturated heterocycles. The Kier molecular flexibility index (Phi) is 6.00. The molecule has 0 radical (unpaired) electrons. The molecule has 0 bridgehead atoms. The number of hydrogen-bond donors (Lipinski definition) is 0. The topological polar surface area (TPSA) is 29.5 Å². The molecule has 3 nitrogen and oxygen atoms in total. The first-order valence-corrected chi connectivity index (χ1v) is 6.51. The van der Waals surface area contributed by atoms with Gasteiger partial charge in [0.25, 0.3) is 0 Å². The Balaban J connectivity index is 3.95. The number of nitrogens with zero attached hydrogens (tertiary/aromatic N) is 1. The van der Waals surface area contributed by atoms with E-state index in [1.807, 2.05) is 20.8 Å². The molecule has 0 fully saturated rings. The molecule has 0 N–H and O–H groups in total. The van der Waals surface area contributed by atoms with Crippen molar-refractivity contribution in [3.63, 3.8) is 0 Å². The van der Waals surface area contributed by atoms with Crippen LogP contribution in [-0.2, 0) is 4.74 Å². The van der Waals surface area contributed by atoms with Gasteiger partial charge in [0, 0.05) is 13.6 Å². The summed E-state index contributed by atoms with van der Waals surface area (Å²) in [7, 11) is 1.80. The summed E-state index contributed by atoms with van der Waals surface area (Å²) < 4.78 is 5.30. The van der Waals surface area contributed by atoms with Crippen LogP contribution in [-0.4, -0.2) is 30.2 Å². The molecule has 1 amide bonds. The maximum Gasteiger partial charge on any atom is 0.410 e. The van der Waals surface area contributed by atoms with Gasteiger partial charge in [-0.3, -0.25) is 0 Å². The van der Waals surface area contributed by atoms with Gasteiger partial charge in [0.1, 0.15) is 5.60 Å². The predicted molar refractivity (Wildman–Crippen MR) is 72.2 cm³/mol. The first-order valence-electron chi connectivity index (χ1n) is 6.51. The highest BCUT2D eigenvalue weighted by molar-refractivity contribution is 5.67. The second-order valence-electron chi connectivity index (χ2n) is 6.52. The molecule has 0 unspecified atom stereocenters. The van der Waals surface area contributed by atoms with E-state index < -0.39 is 5.60 Å².